The van der Waals surface area contributed by atoms with Crippen molar-refractivity contribution in [2.75, 3.05) is 33.2 Å². The van der Waals surface area contributed by atoms with Crippen molar-refractivity contribution in [3.8, 4) is 11.8 Å². The van der Waals surface area contributed by atoms with Gasteiger partial charge in [-0.25, -0.2) is 4.79 Å². The zero-order valence-electron chi connectivity index (χ0n) is 20.1. The Morgan fingerprint density at radius 1 is 0.857 bits per heavy atom. The highest BCUT2D eigenvalue weighted by Gasteiger charge is 2.50. The lowest BCUT2D eigenvalue weighted by molar-refractivity contribution is -0.153. The monoisotopic (exact) mass is 545 g/mol. The predicted octanol–water partition coefficient (Wildman–Crippen LogP) is 3.99. The molecular weight excluding hydrogens is 512 g/mol. The summed E-state index contributed by atoms with van der Waals surface area (Å²) in [5, 5.41) is 17.5. The van der Waals surface area contributed by atoms with E-state index in [4.69, 9.17) is 22.8 Å². The van der Waals surface area contributed by atoms with E-state index in [0.717, 1.165) is 12.1 Å². The molecule has 0 saturated heterocycles. The standard InChI is InChI=1S/C19H33NO13P2/c1-5-29-34(25,30-6-2)18(35(26,31-7-3)32-8-4)11-9-10-17(23)27-14-28-19(24)33-20-15(21)12-13-16(20)22/h12-13,18,21-22H,5-11,14H2,1-4H3. The highest BCUT2D eigenvalue weighted by Crippen LogP contribution is 2.71. The Bertz CT molecular complexity index is 834. The van der Waals surface area contributed by atoms with Crippen molar-refractivity contribution >= 4 is 27.3 Å². The molecule has 35 heavy (non-hydrogen) atoms. The van der Waals surface area contributed by atoms with Gasteiger partial charge in [-0.1, -0.05) is 0 Å². The maximum absolute atomic E-state index is 13.4. The van der Waals surface area contributed by atoms with E-state index in [1.165, 1.54) is 0 Å². The first-order valence-electron chi connectivity index (χ1n) is 10.9. The summed E-state index contributed by atoms with van der Waals surface area (Å²) in [7, 11) is -7.87. The van der Waals surface area contributed by atoms with Gasteiger partial charge in [0.15, 0.2) is 5.40 Å². The lowest BCUT2D eigenvalue weighted by Gasteiger charge is -2.31. The Hall–Kier alpha value is -2.08. The van der Waals surface area contributed by atoms with Gasteiger partial charge in [-0.15, -0.1) is 4.73 Å². The first kappa shape index (κ1) is 31.0. The molecule has 14 nitrogen and oxygen atoms in total. The number of aromatic hydroxyl groups is 2. The summed E-state index contributed by atoms with van der Waals surface area (Å²) in [5.41, 5.74) is 0. The van der Waals surface area contributed by atoms with Gasteiger partial charge < -0.3 is 37.8 Å². The fourth-order valence-corrected chi connectivity index (χ4v) is 8.33. The van der Waals surface area contributed by atoms with E-state index in [9.17, 15) is 28.9 Å². The molecule has 0 atom stereocenters. The fourth-order valence-electron chi connectivity index (χ4n) is 2.87. The van der Waals surface area contributed by atoms with Gasteiger partial charge in [0.2, 0.25) is 18.6 Å². The van der Waals surface area contributed by atoms with Crippen LogP contribution in [0.15, 0.2) is 12.1 Å². The molecule has 0 radical (unpaired) electrons. The van der Waals surface area contributed by atoms with Gasteiger partial charge in [0, 0.05) is 18.6 Å². The van der Waals surface area contributed by atoms with Crippen LogP contribution in [0.5, 0.6) is 11.8 Å². The molecule has 0 bridgehead atoms. The van der Waals surface area contributed by atoms with E-state index in [1.807, 2.05) is 0 Å². The van der Waals surface area contributed by atoms with Crippen LogP contribution < -0.4 is 4.84 Å². The molecule has 1 aromatic rings. The number of carbonyl (C=O) groups is 2. The Morgan fingerprint density at radius 2 is 1.31 bits per heavy atom. The van der Waals surface area contributed by atoms with Crippen LogP contribution in [0.3, 0.4) is 0 Å². The molecule has 202 valence electrons. The molecule has 0 fully saturated rings. The molecule has 1 rings (SSSR count). The summed E-state index contributed by atoms with van der Waals surface area (Å²) < 4.78 is 58.0. The third-order valence-electron chi connectivity index (χ3n) is 4.17. The molecule has 1 aromatic heterocycles. The topological polar surface area (TPSA) is 178 Å². The van der Waals surface area contributed by atoms with Crippen molar-refractivity contribution in [1.29, 1.82) is 0 Å². The molecule has 0 aliphatic rings. The Balaban J connectivity index is 2.70. The van der Waals surface area contributed by atoms with E-state index in [2.05, 4.69) is 9.57 Å². The van der Waals surface area contributed by atoms with Crippen LogP contribution in [0.25, 0.3) is 0 Å². The number of hydrogen-bond acceptors (Lipinski definition) is 13. The Labute approximate surface area is 203 Å². The third kappa shape index (κ3) is 9.47. The van der Waals surface area contributed by atoms with Crippen LogP contribution >= 0.6 is 15.2 Å². The minimum atomic E-state index is -3.94. The maximum Gasteiger partial charge on any atom is 0.536 e. The summed E-state index contributed by atoms with van der Waals surface area (Å²) in [5.74, 6) is -1.90. The quantitative estimate of drug-likeness (QED) is 0.163. The minimum Gasteiger partial charge on any atom is -0.492 e. The van der Waals surface area contributed by atoms with Gasteiger partial charge >= 0.3 is 27.3 Å². The molecule has 0 aliphatic heterocycles. The Kier molecular flexibility index (Phi) is 13.4. The van der Waals surface area contributed by atoms with Crippen molar-refractivity contribution in [1.82, 2.24) is 4.73 Å². The summed E-state index contributed by atoms with van der Waals surface area (Å²) in [6.45, 7) is 5.73. The maximum atomic E-state index is 13.4. The number of carbonyl (C=O) groups excluding carboxylic acids is 2. The molecular formula is C19H33NO13P2. The fraction of sp³-hybridized carbons (Fsp3) is 0.684. The summed E-state index contributed by atoms with van der Waals surface area (Å²) in [6, 6.07) is 2.14. The smallest absolute Gasteiger partial charge is 0.492 e. The second-order valence-electron chi connectivity index (χ2n) is 6.59. The van der Waals surface area contributed by atoms with Crippen LogP contribution in [0, 0.1) is 0 Å². The van der Waals surface area contributed by atoms with E-state index in [-0.39, 0.29) is 45.7 Å². The highest BCUT2D eigenvalue weighted by molar-refractivity contribution is 7.72. The number of hydrogen-bond donors (Lipinski definition) is 2. The lowest BCUT2D eigenvalue weighted by atomic mass is 10.2. The average Bonchev–Trinajstić information content (AvgIpc) is 3.09. The number of aromatic nitrogens is 1. The lowest BCUT2D eigenvalue weighted by Crippen LogP contribution is -2.22. The second-order valence-corrected chi connectivity index (χ2v) is 11.4. The van der Waals surface area contributed by atoms with Crippen molar-refractivity contribution < 1.29 is 61.3 Å². The first-order chi connectivity index (χ1) is 16.6. The summed E-state index contributed by atoms with van der Waals surface area (Å²) >= 11 is 0. The number of rotatable bonds is 17. The molecule has 1 heterocycles. The molecule has 2 N–H and O–H groups in total. The van der Waals surface area contributed by atoms with Crippen LogP contribution in [0.2, 0.25) is 0 Å². The molecule has 0 amide bonds. The third-order valence-corrected chi connectivity index (χ3v) is 10.3. The summed E-state index contributed by atoms with van der Waals surface area (Å²) in [6.07, 6.45) is -1.60. The van der Waals surface area contributed by atoms with Crippen molar-refractivity contribution in [2.45, 2.75) is 52.4 Å². The van der Waals surface area contributed by atoms with Crippen molar-refractivity contribution in [3.63, 3.8) is 0 Å². The molecule has 0 unspecified atom stereocenters. The second kappa shape index (κ2) is 15.1. The molecule has 0 spiro atoms. The van der Waals surface area contributed by atoms with Crippen LogP contribution in [-0.4, -0.2) is 65.7 Å². The molecule has 0 saturated carbocycles. The SMILES string of the molecule is CCOP(=O)(OCC)C(CCCC(=O)OCOC(=O)On1c(O)ccc1O)P(=O)(OCC)OCC. The normalized spacial score (nSPS) is 12.0. The summed E-state index contributed by atoms with van der Waals surface area (Å²) in [4.78, 5) is 28.1. The van der Waals surface area contributed by atoms with Gasteiger partial charge in [-0.3, -0.25) is 18.8 Å². The van der Waals surface area contributed by atoms with E-state index >= 15 is 0 Å². The molecule has 16 heteroatoms. The van der Waals surface area contributed by atoms with Crippen LogP contribution in [-0.2, 0) is 41.5 Å². The van der Waals surface area contributed by atoms with Gasteiger partial charge in [0.25, 0.3) is 0 Å². The minimum absolute atomic E-state index is 0.0278. The zero-order chi connectivity index (χ0) is 26.5. The van der Waals surface area contributed by atoms with Crippen LogP contribution in [0.4, 0.5) is 4.79 Å². The van der Waals surface area contributed by atoms with E-state index < -0.39 is 51.3 Å². The average molecular weight is 545 g/mol. The van der Waals surface area contributed by atoms with Crippen molar-refractivity contribution in [2.24, 2.45) is 0 Å². The van der Waals surface area contributed by atoms with Crippen LogP contribution in [0.1, 0.15) is 47.0 Å². The number of esters is 1. The Morgan fingerprint density at radius 3 is 1.74 bits per heavy atom. The predicted molar refractivity (Wildman–Crippen MR) is 121 cm³/mol. The van der Waals surface area contributed by atoms with Gasteiger partial charge in [-0.05, 0) is 40.5 Å². The van der Waals surface area contributed by atoms with Crippen molar-refractivity contribution in [3.05, 3.63) is 12.1 Å². The zero-order valence-corrected chi connectivity index (χ0v) is 21.9. The highest BCUT2D eigenvalue weighted by atomic mass is 31.2. The van der Waals surface area contributed by atoms with E-state index in [1.54, 1.807) is 27.7 Å². The molecule has 0 aliphatic carbocycles. The number of ether oxygens (including phenoxy) is 2. The first-order valence-corrected chi connectivity index (χ1v) is 14.2. The van der Waals surface area contributed by atoms with E-state index in [0.29, 0.717) is 4.73 Å². The molecule has 0 aromatic carbocycles. The largest absolute Gasteiger partial charge is 0.536 e. The number of nitrogens with zero attached hydrogens (tertiary/aromatic N) is 1. The van der Waals surface area contributed by atoms with Gasteiger partial charge in [0.1, 0.15) is 0 Å². The van der Waals surface area contributed by atoms with Gasteiger partial charge in [-0.2, -0.15) is 0 Å². The van der Waals surface area contributed by atoms with Gasteiger partial charge in [0.05, 0.1) is 26.4 Å².